The van der Waals surface area contributed by atoms with Crippen LogP contribution in [0.3, 0.4) is 0 Å². The molecule has 0 bridgehead atoms. The van der Waals surface area contributed by atoms with Gasteiger partial charge >= 0.3 is 5.97 Å². The zero-order valence-corrected chi connectivity index (χ0v) is 8.22. The highest BCUT2D eigenvalue weighted by Gasteiger charge is 2.30. The lowest BCUT2D eigenvalue weighted by atomic mass is 10.4. The number of rotatable bonds is 5. The van der Waals surface area contributed by atoms with Crippen molar-refractivity contribution in [2.75, 3.05) is 18.1 Å². The smallest absolute Gasteiger partial charge is 0.371 e. The summed E-state index contributed by atoms with van der Waals surface area (Å²) in [5.74, 6) is -0.599. The number of aliphatic hydroxyl groups excluding tert-OH is 1. The van der Waals surface area contributed by atoms with Gasteiger partial charge in [0.25, 0.3) is 0 Å². The SMILES string of the molecule is O=C(O)c1ccc(N(CCO)C2CC2)o1. The number of carboxylic acids is 1. The van der Waals surface area contributed by atoms with Crippen molar-refractivity contribution in [1.82, 2.24) is 0 Å². The van der Waals surface area contributed by atoms with Gasteiger partial charge in [-0.25, -0.2) is 4.79 Å². The van der Waals surface area contributed by atoms with Crippen LogP contribution in [0.4, 0.5) is 5.88 Å². The Hall–Kier alpha value is -1.49. The van der Waals surface area contributed by atoms with Crippen LogP contribution in [0.15, 0.2) is 16.5 Å². The zero-order valence-electron chi connectivity index (χ0n) is 8.22. The maximum atomic E-state index is 10.6. The third kappa shape index (κ3) is 2.12. The van der Waals surface area contributed by atoms with Crippen molar-refractivity contribution >= 4 is 11.9 Å². The van der Waals surface area contributed by atoms with Crippen molar-refractivity contribution in [2.24, 2.45) is 0 Å². The lowest BCUT2D eigenvalue weighted by Gasteiger charge is -2.19. The summed E-state index contributed by atoms with van der Waals surface area (Å²) in [6.45, 7) is 0.525. The topological polar surface area (TPSA) is 73.9 Å². The van der Waals surface area contributed by atoms with E-state index in [2.05, 4.69) is 0 Å². The molecule has 0 radical (unpaired) electrons. The molecule has 1 aromatic rings. The van der Waals surface area contributed by atoms with Gasteiger partial charge in [-0.2, -0.15) is 0 Å². The number of furan rings is 1. The normalized spacial score (nSPS) is 15.3. The fraction of sp³-hybridized carbons (Fsp3) is 0.500. The van der Waals surface area contributed by atoms with Gasteiger partial charge < -0.3 is 19.5 Å². The molecule has 0 aromatic carbocycles. The molecule has 1 saturated carbocycles. The lowest BCUT2D eigenvalue weighted by Crippen LogP contribution is -2.28. The number of aliphatic hydroxyl groups is 1. The number of aromatic carboxylic acids is 1. The van der Waals surface area contributed by atoms with Crippen molar-refractivity contribution in [2.45, 2.75) is 18.9 Å². The Kier molecular flexibility index (Phi) is 2.64. The Labute approximate surface area is 86.9 Å². The molecule has 1 heterocycles. The highest BCUT2D eigenvalue weighted by molar-refractivity contribution is 5.84. The summed E-state index contributed by atoms with van der Waals surface area (Å²) >= 11 is 0. The van der Waals surface area contributed by atoms with E-state index in [1.807, 2.05) is 4.90 Å². The maximum absolute atomic E-state index is 10.6. The molecule has 5 heteroatoms. The third-order valence-electron chi connectivity index (χ3n) is 2.41. The summed E-state index contributed by atoms with van der Waals surface area (Å²) < 4.78 is 5.18. The molecule has 0 aliphatic heterocycles. The second-order valence-corrected chi connectivity index (χ2v) is 3.59. The van der Waals surface area contributed by atoms with Crippen LogP contribution >= 0.6 is 0 Å². The minimum Gasteiger partial charge on any atom is -0.475 e. The monoisotopic (exact) mass is 211 g/mol. The van der Waals surface area contributed by atoms with Crippen molar-refractivity contribution in [1.29, 1.82) is 0 Å². The average molecular weight is 211 g/mol. The van der Waals surface area contributed by atoms with Gasteiger partial charge in [0.2, 0.25) is 5.76 Å². The van der Waals surface area contributed by atoms with Crippen LogP contribution in [0.25, 0.3) is 0 Å². The molecule has 1 fully saturated rings. The van der Waals surface area contributed by atoms with Crippen molar-refractivity contribution < 1.29 is 19.4 Å². The van der Waals surface area contributed by atoms with Crippen molar-refractivity contribution in [3.63, 3.8) is 0 Å². The predicted molar refractivity (Wildman–Crippen MR) is 53.1 cm³/mol. The first kappa shape index (κ1) is 10.0. The summed E-state index contributed by atoms with van der Waals surface area (Å²) in [4.78, 5) is 12.5. The van der Waals surface area contributed by atoms with E-state index in [9.17, 15) is 4.79 Å². The molecule has 5 nitrogen and oxygen atoms in total. The largest absolute Gasteiger partial charge is 0.475 e. The molecule has 1 aliphatic carbocycles. The first-order chi connectivity index (χ1) is 7.22. The quantitative estimate of drug-likeness (QED) is 0.758. The summed E-state index contributed by atoms with van der Waals surface area (Å²) in [7, 11) is 0. The van der Waals surface area contributed by atoms with Crippen LogP contribution in [-0.4, -0.2) is 35.4 Å². The van der Waals surface area contributed by atoms with E-state index in [1.54, 1.807) is 6.07 Å². The first-order valence-electron chi connectivity index (χ1n) is 4.93. The summed E-state index contributed by atoms with van der Waals surface area (Å²) in [5, 5.41) is 17.6. The van der Waals surface area contributed by atoms with Gasteiger partial charge in [-0.05, 0) is 18.9 Å². The molecule has 2 rings (SSSR count). The molecular weight excluding hydrogens is 198 g/mol. The van der Waals surface area contributed by atoms with Crippen LogP contribution in [-0.2, 0) is 0 Å². The van der Waals surface area contributed by atoms with Gasteiger partial charge in [0.15, 0.2) is 5.88 Å². The highest BCUT2D eigenvalue weighted by atomic mass is 16.4. The number of carboxylic acid groups (broad SMARTS) is 1. The van der Waals surface area contributed by atoms with Gasteiger partial charge in [-0.3, -0.25) is 0 Å². The van der Waals surface area contributed by atoms with E-state index in [0.717, 1.165) is 12.8 Å². The van der Waals surface area contributed by atoms with E-state index in [1.165, 1.54) is 6.07 Å². The molecule has 0 atom stereocenters. The van der Waals surface area contributed by atoms with E-state index in [4.69, 9.17) is 14.6 Å². The number of nitrogens with zero attached hydrogens (tertiary/aromatic N) is 1. The Morgan fingerprint density at radius 1 is 1.53 bits per heavy atom. The number of carbonyl (C=O) groups is 1. The zero-order chi connectivity index (χ0) is 10.8. The maximum Gasteiger partial charge on any atom is 0.371 e. The van der Waals surface area contributed by atoms with E-state index in [0.29, 0.717) is 18.5 Å². The fourth-order valence-electron chi connectivity index (χ4n) is 1.56. The molecule has 0 saturated heterocycles. The van der Waals surface area contributed by atoms with Crippen molar-refractivity contribution in [3.05, 3.63) is 17.9 Å². The first-order valence-corrected chi connectivity index (χ1v) is 4.93. The predicted octanol–water partition coefficient (Wildman–Crippen LogP) is 0.939. The van der Waals surface area contributed by atoms with Gasteiger partial charge in [0, 0.05) is 18.7 Å². The van der Waals surface area contributed by atoms with E-state index in [-0.39, 0.29) is 12.4 Å². The van der Waals surface area contributed by atoms with Gasteiger partial charge in [-0.15, -0.1) is 0 Å². The molecular formula is C10H13NO4. The second-order valence-electron chi connectivity index (χ2n) is 3.59. The summed E-state index contributed by atoms with van der Waals surface area (Å²) in [5.41, 5.74) is 0. The number of anilines is 1. The molecule has 0 spiro atoms. The number of hydrogen-bond donors (Lipinski definition) is 2. The van der Waals surface area contributed by atoms with Crippen molar-refractivity contribution in [3.8, 4) is 0 Å². The number of hydrogen-bond acceptors (Lipinski definition) is 4. The molecule has 0 amide bonds. The average Bonchev–Trinajstić information content (AvgIpc) is 2.91. The molecule has 0 unspecified atom stereocenters. The fourth-order valence-corrected chi connectivity index (χ4v) is 1.56. The summed E-state index contributed by atoms with van der Waals surface area (Å²) in [6.07, 6.45) is 2.15. The minimum absolute atomic E-state index is 0.0413. The van der Waals surface area contributed by atoms with Crippen LogP contribution in [0.2, 0.25) is 0 Å². The van der Waals surface area contributed by atoms with Gasteiger partial charge in [0.1, 0.15) is 0 Å². The van der Waals surface area contributed by atoms with Crippen LogP contribution in [0.1, 0.15) is 23.4 Å². The standard InChI is InChI=1S/C10H13NO4/c12-6-5-11(7-1-2-7)9-4-3-8(15-9)10(13)14/h3-4,7,12H,1-2,5-6H2,(H,13,14). The molecule has 1 aliphatic rings. The Morgan fingerprint density at radius 2 is 2.27 bits per heavy atom. The molecule has 15 heavy (non-hydrogen) atoms. The Bertz CT molecular complexity index is 356. The van der Waals surface area contributed by atoms with E-state index >= 15 is 0 Å². The Balaban J connectivity index is 2.14. The van der Waals surface area contributed by atoms with Gasteiger partial charge in [0.05, 0.1) is 6.61 Å². The lowest BCUT2D eigenvalue weighted by molar-refractivity contribution is 0.0663. The third-order valence-corrected chi connectivity index (χ3v) is 2.41. The molecule has 82 valence electrons. The molecule has 2 N–H and O–H groups in total. The summed E-state index contributed by atoms with van der Waals surface area (Å²) in [6, 6.07) is 3.46. The van der Waals surface area contributed by atoms with Crippen LogP contribution in [0.5, 0.6) is 0 Å². The second kappa shape index (κ2) is 3.94. The molecule has 1 aromatic heterocycles. The highest BCUT2D eigenvalue weighted by Crippen LogP contribution is 2.32. The van der Waals surface area contributed by atoms with E-state index < -0.39 is 5.97 Å². The van der Waals surface area contributed by atoms with Gasteiger partial charge in [-0.1, -0.05) is 0 Å². The minimum atomic E-state index is -1.07. The van der Waals surface area contributed by atoms with Crippen LogP contribution < -0.4 is 4.90 Å². The Morgan fingerprint density at radius 3 is 2.73 bits per heavy atom. The van der Waals surface area contributed by atoms with Crippen LogP contribution in [0, 0.1) is 0 Å².